The van der Waals surface area contributed by atoms with Crippen molar-refractivity contribution in [3.8, 4) is 17.2 Å². The molecule has 2 saturated heterocycles. The molecule has 10 rings (SSSR count). The van der Waals surface area contributed by atoms with E-state index in [-0.39, 0.29) is 45.5 Å². The molecule has 1 amide bonds. The number of H-pyrrole nitrogens is 1. The first-order valence-electron chi connectivity index (χ1n) is 26.3. The number of ether oxygens (including phenoxy) is 2. The van der Waals surface area contributed by atoms with Gasteiger partial charge in [-0.05, 0) is 135 Å². The molecule has 4 aromatic carbocycles. The zero-order chi connectivity index (χ0) is 53.5. The van der Waals surface area contributed by atoms with E-state index in [4.69, 9.17) is 21.1 Å². The van der Waals surface area contributed by atoms with Crippen LogP contribution in [0.2, 0.25) is 5.02 Å². The molecule has 76 heavy (non-hydrogen) atoms. The fourth-order valence-corrected chi connectivity index (χ4v) is 13.2. The normalized spacial score (nSPS) is 21.4. The number of hydrogen-bond donors (Lipinski definition) is 4. The number of halogens is 2. The second-order valence-corrected chi connectivity index (χ2v) is 24.1. The van der Waals surface area contributed by atoms with Gasteiger partial charge in [0.2, 0.25) is 0 Å². The molecule has 0 radical (unpaired) electrons. The van der Waals surface area contributed by atoms with E-state index in [1.165, 1.54) is 53.3 Å². The molecule has 1 atom stereocenters. The number of carbonyl (C=O) groups is 1. The van der Waals surface area contributed by atoms with Gasteiger partial charge in [0.1, 0.15) is 34.4 Å². The van der Waals surface area contributed by atoms with Crippen LogP contribution in [-0.2, 0) is 16.6 Å². The van der Waals surface area contributed by atoms with Crippen LogP contribution in [0.4, 0.5) is 21.5 Å². The minimum absolute atomic E-state index is 0.0168. The molecular weight excluding hydrogens is 1010 g/mol. The number of aromatic amines is 1. The van der Waals surface area contributed by atoms with Crippen LogP contribution >= 0.6 is 11.6 Å². The van der Waals surface area contributed by atoms with Gasteiger partial charge in [-0.1, -0.05) is 55.8 Å². The molecule has 2 aliphatic heterocycles. The number of benzene rings is 4. The van der Waals surface area contributed by atoms with Gasteiger partial charge < -0.3 is 29.8 Å². The molecule has 1 spiro atoms. The summed E-state index contributed by atoms with van der Waals surface area (Å²) in [6, 6.07) is 25.4. The lowest BCUT2D eigenvalue weighted by Gasteiger charge is -2.58. The zero-order valence-corrected chi connectivity index (χ0v) is 44.9. The number of amides is 1. The van der Waals surface area contributed by atoms with Gasteiger partial charge in [0.05, 0.1) is 44.7 Å². The van der Waals surface area contributed by atoms with Crippen LogP contribution in [0.25, 0.3) is 11.0 Å². The van der Waals surface area contributed by atoms with Crippen LogP contribution in [0.5, 0.6) is 17.2 Å². The Bertz CT molecular complexity index is 3240. The second-order valence-electron chi connectivity index (χ2n) is 22.0. The fraction of sp³-hybridized carbons (Fsp3) is 0.439. The minimum atomic E-state index is -4.65. The maximum absolute atomic E-state index is 14.7. The zero-order valence-electron chi connectivity index (χ0n) is 43.4. The topological polar surface area (TPSA) is 195 Å². The SMILES string of the molecule is COc1cc(CN2CCN(C3CC4(CCN(c5ccc(C(=O)NS(=O)(=O)c6ccc(NCC7CCC(C)(O)CC7)c([N+](=O)[O-])c6)c(Oc6cnc7[nH]cc(F)c7c6)c5)CC4)C3)C(c3ccccc3C(C)C)C2)ccc1Cl. The number of piperazine rings is 1. The minimum Gasteiger partial charge on any atom is -0.495 e. The number of pyridine rings is 1. The molecular formula is C57H66ClFN8O8S. The first kappa shape index (κ1) is 53.1. The van der Waals surface area contributed by atoms with Crippen molar-refractivity contribution >= 4 is 55.6 Å². The van der Waals surface area contributed by atoms with Crippen LogP contribution in [0.15, 0.2) is 102 Å². The molecule has 402 valence electrons. The number of piperidine rings is 1. The number of fused-ring (bicyclic) bond motifs is 1. The van der Waals surface area contributed by atoms with E-state index >= 15 is 0 Å². The number of nitrogens with zero attached hydrogens (tertiary/aromatic N) is 5. The van der Waals surface area contributed by atoms with Crippen molar-refractivity contribution < 1.29 is 37.1 Å². The Balaban J connectivity index is 0.839. The van der Waals surface area contributed by atoms with Gasteiger partial charge in [0.25, 0.3) is 21.6 Å². The van der Waals surface area contributed by atoms with Crippen LogP contribution in [0, 0.1) is 27.3 Å². The van der Waals surface area contributed by atoms with Gasteiger partial charge in [-0.25, -0.2) is 22.5 Å². The van der Waals surface area contributed by atoms with E-state index in [0.29, 0.717) is 47.8 Å². The molecule has 2 aliphatic carbocycles. The first-order chi connectivity index (χ1) is 36.4. The molecule has 4 heterocycles. The summed E-state index contributed by atoms with van der Waals surface area (Å²) >= 11 is 6.39. The smallest absolute Gasteiger partial charge is 0.293 e. The van der Waals surface area contributed by atoms with Crippen LogP contribution in [-0.4, -0.2) is 102 Å². The van der Waals surface area contributed by atoms with Crippen molar-refractivity contribution in [1.29, 1.82) is 0 Å². The van der Waals surface area contributed by atoms with Crippen molar-refractivity contribution in [2.75, 3.05) is 56.6 Å². The van der Waals surface area contributed by atoms with Crippen molar-refractivity contribution in [3.05, 3.63) is 141 Å². The van der Waals surface area contributed by atoms with E-state index in [0.717, 1.165) is 89.5 Å². The molecule has 19 heteroatoms. The highest BCUT2D eigenvalue weighted by Crippen LogP contribution is 2.53. The highest BCUT2D eigenvalue weighted by molar-refractivity contribution is 7.90. The Labute approximate surface area is 448 Å². The number of sulfonamides is 1. The predicted octanol–water partition coefficient (Wildman–Crippen LogP) is 11.0. The molecule has 4 N–H and O–H groups in total. The number of nitrogens with one attached hydrogen (secondary N) is 3. The van der Waals surface area contributed by atoms with Crippen molar-refractivity contribution in [2.45, 2.75) is 107 Å². The lowest BCUT2D eigenvalue weighted by Crippen LogP contribution is -2.60. The Morgan fingerprint density at radius 3 is 2.49 bits per heavy atom. The third-order valence-corrected chi connectivity index (χ3v) is 18.1. The third-order valence-electron chi connectivity index (χ3n) is 16.5. The van der Waals surface area contributed by atoms with Crippen LogP contribution in [0.3, 0.4) is 0 Å². The Hall–Kier alpha value is -6.31. The number of anilines is 2. The van der Waals surface area contributed by atoms with E-state index in [9.17, 15) is 32.8 Å². The van der Waals surface area contributed by atoms with Crippen LogP contribution in [0.1, 0.15) is 111 Å². The summed E-state index contributed by atoms with van der Waals surface area (Å²) in [5.41, 5.74) is 4.00. The summed E-state index contributed by atoms with van der Waals surface area (Å²) in [4.78, 5) is 39.8. The van der Waals surface area contributed by atoms with Gasteiger partial charge in [-0.3, -0.25) is 24.7 Å². The molecule has 0 bridgehead atoms. The predicted molar refractivity (Wildman–Crippen MR) is 292 cm³/mol. The van der Waals surface area contributed by atoms with Crippen molar-refractivity contribution in [3.63, 3.8) is 0 Å². The monoisotopic (exact) mass is 1080 g/mol. The average molecular weight is 1080 g/mol. The lowest BCUT2D eigenvalue weighted by molar-refractivity contribution is -0.384. The average Bonchev–Trinajstić information content (AvgIpc) is 3.82. The number of carbonyl (C=O) groups excluding carboxylic acids is 1. The molecule has 16 nitrogen and oxygen atoms in total. The number of nitro benzene ring substituents is 1. The largest absolute Gasteiger partial charge is 0.495 e. The highest BCUT2D eigenvalue weighted by atomic mass is 35.5. The summed E-state index contributed by atoms with van der Waals surface area (Å²) in [5, 5.41) is 26.5. The molecule has 2 saturated carbocycles. The third kappa shape index (κ3) is 11.4. The number of nitro groups is 1. The van der Waals surface area contributed by atoms with Gasteiger partial charge in [-0.15, -0.1) is 0 Å². The maximum Gasteiger partial charge on any atom is 0.293 e. The fourth-order valence-electron chi connectivity index (χ4n) is 12.0. The molecule has 1 unspecified atom stereocenters. The van der Waals surface area contributed by atoms with Gasteiger partial charge >= 0.3 is 0 Å². The number of aliphatic hydroxyl groups is 1. The highest BCUT2D eigenvalue weighted by Gasteiger charge is 2.50. The van der Waals surface area contributed by atoms with Gasteiger partial charge in [-0.2, -0.15) is 0 Å². The molecule has 4 aliphatic rings. The van der Waals surface area contributed by atoms with E-state index in [1.807, 2.05) is 12.1 Å². The Morgan fingerprint density at radius 2 is 1.75 bits per heavy atom. The summed E-state index contributed by atoms with van der Waals surface area (Å²) < 4.78 is 56.4. The van der Waals surface area contributed by atoms with Crippen LogP contribution < -0.4 is 24.4 Å². The molecule has 2 aromatic heterocycles. The number of hydrogen-bond acceptors (Lipinski definition) is 13. The number of rotatable bonds is 16. The van der Waals surface area contributed by atoms with E-state index < -0.39 is 42.9 Å². The second kappa shape index (κ2) is 21.6. The van der Waals surface area contributed by atoms with Crippen molar-refractivity contribution in [2.24, 2.45) is 11.3 Å². The summed E-state index contributed by atoms with van der Waals surface area (Å²) in [6.07, 6.45) is 9.40. The maximum atomic E-state index is 14.7. The molecule has 4 fully saturated rings. The summed E-state index contributed by atoms with van der Waals surface area (Å²) in [7, 11) is -3.00. The quantitative estimate of drug-likeness (QED) is 0.0528. The first-order valence-corrected chi connectivity index (χ1v) is 28.1. The standard InChI is InChI=1S/C57H66ClFN8O8S/c1-36(2)43-7-5-6-8-44(43)51-35-64(34-38-9-13-47(58)53(25-38)74-4)23-24-66(51)40-29-57(30-40)19-21-65(22-20-57)39-10-12-45(52(26-39)75-41-27-46-48(59)33-62-54(46)61-32-41)55(68)63-76(72,73)42-11-14-49(50(28-42)67(70)71)60-31-37-15-17-56(3,69)18-16-37/h5-14,25-28,32-33,36-37,40,51,60,69H,15-24,29-31,34-35H2,1-4H3,(H,61,62)(H,63,68). The summed E-state index contributed by atoms with van der Waals surface area (Å²) in [5.74, 6) is -0.193. The number of methoxy groups -OCH3 is 1. The van der Waals surface area contributed by atoms with Gasteiger partial charge in [0, 0.05) is 81.9 Å². The molecule has 6 aromatic rings. The van der Waals surface area contributed by atoms with Gasteiger partial charge in [0.15, 0.2) is 0 Å². The Kier molecular flexibility index (Phi) is 15.1. The summed E-state index contributed by atoms with van der Waals surface area (Å²) in [6.45, 7) is 11.8. The Morgan fingerprint density at radius 1 is 0.987 bits per heavy atom. The lowest BCUT2D eigenvalue weighted by atomic mass is 9.59. The number of aromatic nitrogens is 2. The van der Waals surface area contributed by atoms with E-state index in [1.54, 1.807) is 26.2 Å². The van der Waals surface area contributed by atoms with E-state index in [2.05, 4.69) is 78.9 Å². The van der Waals surface area contributed by atoms with Crippen molar-refractivity contribution in [1.82, 2.24) is 24.5 Å².